The number of aliphatic hydroxyl groups is 1. The van der Waals surface area contributed by atoms with E-state index in [0.717, 1.165) is 6.42 Å². The number of hydrogen-bond donors (Lipinski definition) is 1. The highest BCUT2D eigenvalue weighted by atomic mass is 16.7. The second-order valence-electron chi connectivity index (χ2n) is 4.23. The van der Waals surface area contributed by atoms with Gasteiger partial charge in [-0.05, 0) is 20.3 Å². The molecular formula is C10H18O4. The first-order chi connectivity index (χ1) is 6.47. The van der Waals surface area contributed by atoms with Crippen LogP contribution in [0.25, 0.3) is 0 Å². The fourth-order valence-corrected chi connectivity index (χ4v) is 1.11. The minimum atomic E-state index is -0.952. The van der Waals surface area contributed by atoms with Gasteiger partial charge in [0.1, 0.15) is 0 Å². The van der Waals surface area contributed by atoms with Crippen molar-refractivity contribution in [2.24, 2.45) is 5.41 Å². The van der Waals surface area contributed by atoms with Gasteiger partial charge in [0.2, 0.25) is 0 Å². The standard InChI is InChI=1S/C10H18O4/c1-4-10(2,3)9(12)14-7-5-6-13-8(7)11/h7-8,11H,4-6H2,1-3H3. The molecule has 0 aromatic heterocycles. The maximum atomic E-state index is 11.6. The van der Waals surface area contributed by atoms with E-state index in [1.165, 1.54) is 0 Å². The average molecular weight is 202 g/mol. The van der Waals surface area contributed by atoms with Gasteiger partial charge >= 0.3 is 5.97 Å². The maximum absolute atomic E-state index is 11.6. The zero-order valence-electron chi connectivity index (χ0n) is 8.95. The Kier molecular flexibility index (Phi) is 3.50. The van der Waals surface area contributed by atoms with Crippen LogP contribution in [0.2, 0.25) is 0 Å². The highest BCUT2D eigenvalue weighted by molar-refractivity contribution is 5.76. The number of ether oxygens (including phenoxy) is 2. The Morgan fingerprint density at radius 2 is 2.29 bits per heavy atom. The normalized spacial score (nSPS) is 27.7. The van der Waals surface area contributed by atoms with Crippen LogP contribution in [0.3, 0.4) is 0 Å². The molecule has 14 heavy (non-hydrogen) atoms. The van der Waals surface area contributed by atoms with Gasteiger partial charge in [0, 0.05) is 6.42 Å². The molecule has 0 aromatic rings. The molecule has 0 radical (unpaired) electrons. The summed E-state index contributed by atoms with van der Waals surface area (Å²) in [7, 11) is 0. The lowest BCUT2D eigenvalue weighted by molar-refractivity contribution is -0.175. The van der Waals surface area contributed by atoms with Crippen LogP contribution in [0.5, 0.6) is 0 Å². The van der Waals surface area contributed by atoms with Gasteiger partial charge in [0.25, 0.3) is 0 Å². The fraction of sp³-hybridized carbons (Fsp3) is 0.900. The van der Waals surface area contributed by atoms with Crippen LogP contribution in [0.1, 0.15) is 33.6 Å². The minimum absolute atomic E-state index is 0.269. The summed E-state index contributed by atoms with van der Waals surface area (Å²) < 4.78 is 10.1. The van der Waals surface area contributed by atoms with Gasteiger partial charge in [-0.3, -0.25) is 4.79 Å². The molecule has 2 atom stereocenters. The first-order valence-corrected chi connectivity index (χ1v) is 4.98. The summed E-state index contributed by atoms with van der Waals surface area (Å²) in [5.41, 5.74) is -0.484. The van der Waals surface area contributed by atoms with Crippen molar-refractivity contribution in [3.63, 3.8) is 0 Å². The lowest BCUT2D eigenvalue weighted by atomic mass is 9.90. The molecule has 1 fully saturated rings. The Bertz CT molecular complexity index is 212. The third kappa shape index (κ3) is 2.45. The average Bonchev–Trinajstić information content (AvgIpc) is 2.52. The van der Waals surface area contributed by atoms with Gasteiger partial charge < -0.3 is 14.6 Å². The Morgan fingerprint density at radius 3 is 2.71 bits per heavy atom. The van der Waals surface area contributed by atoms with Crippen LogP contribution in [0, 0.1) is 5.41 Å². The van der Waals surface area contributed by atoms with E-state index in [4.69, 9.17) is 9.47 Å². The van der Waals surface area contributed by atoms with Crippen LogP contribution in [-0.2, 0) is 14.3 Å². The van der Waals surface area contributed by atoms with Crippen molar-refractivity contribution in [2.45, 2.75) is 46.0 Å². The van der Waals surface area contributed by atoms with Gasteiger partial charge in [-0.25, -0.2) is 0 Å². The van der Waals surface area contributed by atoms with E-state index in [2.05, 4.69) is 0 Å². The lowest BCUT2D eigenvalue weighted by Gasteiger charge is -2.23. The highest BCUT2D eigenvalue weighted by Crippen LogP contribution is 2.25. The summed E-state index contributed by atoms with van der Waals surface area (Å²) in [4.78, 5) is 11.6. The number of rotatable bonds is 3. The summed E-state index contributed by atoms with van der Waals surface area (Å²) in [6, 6.07) is 0. The second-order valence-corrected chi connectivity index (χ2v) is 4.23. The molecule has 1 aliphatic rings. The van der Waals surface area contributed by atoms with Gasteiger partial charge in [0.15, 0.2) is 12.4 Å². The molecular weight excluding hydrogens is 184 g/mol. The van der Waals surface area contributed by atoms with Crippen molar-refractivity contribution in [1.82, 2.24) is 0 Å². The van der Waals surface area contributed by atoms with E-state index >= 15 is 0 Å². The molecule has 0 aromatic carbocycles. The Hall–Kier alpha value is -0.610. The smallest absolute Gasteiger partial charge is 0.311 e. The van der Waals surface area contributed by atoms with Crippen LogP contribution < -0.4 is 0 Å². The van der Waals surface area contributed by atoms with Crippen LogP contribution >= 0.6 is 0 Å². The number of carbonyl (C=O) groups excluding carboxylic acids is 1. The van der Waals surface area contributed by atoms with Gasteiger partial charge in [-0.1, -0.05) is 6.92 Å². The molecule has 1 N–H and O–H groups in total. The second kappa shape index (κ2) is 4.28. The Morgan fingerprint density at radius 1 is 1.64 bits per heavy atom. The summed E-state index contributed by atoms with van der Waals surface area (Å²) in [6.07, 6.45) is -0.151. The summed E-state index contributed by atoms with van der Waals surface area (Å²) >= 11 is 0. The van der Waals surface area contributed by atoms with Crippen LogP contribution in [-0.4, -0.2) is 30.1 Å². The highest BCUT2D eigenvalue weighted by Gasteiger charge is 2.34. The van der Waals surface area contributed by atoms with Crippen LogP contribution in [0.15, 0.2) is 0 Å². The molecule has 1 rings (SSSR count). The third-order valence-electron chi connectivity index (χ3n) is 2.70. The van der Waals surface area contributed by atoms with Crippen molar-refractivity contribution in [2.75, 3.05) is 6.61 Å². The van der Waals surface area contributed by atoms with E-state index in [1.54, 1.807) is 0 Å². The first kappa shape index (κ1) is 11.5. The molecule has 0 bridgehead atoms. The molecule has 1 saturated heterocycles. The van der Waals surface area contributed by atoms with Crippen molar-refractivity contribution < 1.29 is 19.4 Å². The van der Waals surface area contributed by atoms with E-state index < -0.39 is 17.8 Å². The maximum Gasteiger partial charge on any atom is 0.311 e. The van der Waals surface area contributed by atoms with Crippen molar-refractivity contribution in [3.05, 3.63) is 0 Å². The number of esters is 1. The largest absolute Gasteiger partial charge is 0.456 e. The van der Waals surface area contributed by atoms with Gasteiger partial charge in [0.05, 0.1) is 12.0 Å². The molecule has 4 heteroatoms. The quantitative estimate of drug-likeness (QED) is 0.695. The predicted octanol–water partition coefficient (Wildman–Crippen LogP) is 1.07. The SMILES string of the molecule is CCC(C)(C)C(=O)OC1CCOC1O. The van der Waals surface area contributed by atoms with Crippen molar-refractivity contribution >= 4 is 5.97 Å². The molecule has 2 unspecified atom stereocenters. The van der Waals surface area contributed by atoms with Crippen molar-refractivity contribution in [1.29, 1.82) is 0 Å². The minimum Gasteiger partial charge on any atom is -0.456 e. The zero-order chi connectivity index (χ0) is 10.8. The zero-order valence-corrected chi connectivity index (χ0v) is 8.95. The number of hydrogen-bond acceptors (Lipinski definition) is 4. The Balaban J connectivity index is 2.48. The fourth-order valence-electron chi connectivity index (χ4n) is 1.11. The number of carbonyl (C=O) groups is 1. The monoisotopic (exact) mass is 202 g/mol. The summed E-state index contributed by atoms with van der Waals surface area (Å²) in [5.74, 6) is -0.269. The molecule has 0 aliphatic carbocycles. The molecule has 0 spiro atoms. The molecule has 0 saturated carbocycles. The van der Waals surface area contributed by atoms with Gasteiger partial charge in [-0.15, -0.1) is 0 Å². The van der Waals surface area contributed by atoms with Crippen LogP contribution in [0.4, 0.5) is 0 Å². The molecule has 4 nitrogen and oxygen atoms in total. The van der Waals surface area contributed by atoms with E-state index in [-0.39, 0.29) is 5.97 Å². The predicted molar refractivity (Wildman–Crippen MR) is 50.5 cm³/mol. The van der Waals surface area contributed by atoms with E-state index in [9.17, 15) is 9.90 Å². The molecule has 1 heterocycles. The lowest BCUT2D eigenvalue weighted by Crippen LogP contribution is -2.33. The molecule has 0 amide bonds. The summed E-state index contributed by atoms with van der Waals surface area (Å²) in [6.45, 7) is 6.05. The first-order valence-electron chi connectivity index (χ1n) is 4.98. The molecule has 1 aliphatic heterocycles. The van der Waals surface area contributed by atoms with E-state index in [1.807, 2.05) is 20.8 Å². The Labute approximate surface area is 84.2 Å². The third-order valence-corrected chi connectivity index (χ3v) is 2.70. The number of aliphatic hydroxyl groups excluding tert-OH is 1. The summed E-state index contributed by atoms with van der Waals surface area (Å²) in [5, 5.41) is 9.28. The topological polar surface area (TPSA) is 55.8 Å². The van der Waals surface area contributed by atoms with Gasteiger partial charge in [-0.2, -0.15) is 0 Å². The van der Waals surface area contributed by atoms with E-state index in [0.29, 0.717) is 13.0 Å². The molecule has 82 valence electrons. The van der Waals surface area contributed by atoms with Crippen molar-refractivity contribution in [3.8, 4) is 0 Å².